The van der Waals surface area contributed by atoms with E-state index >= 15 is 0 Å². The second kappa shape index (κ2) is 20.3. The van der Waals surface area contributed by atoms with Gasteiger partial charge in [-0.3, -0.25) is 4.57 Å². The van der Waals surface area contributed by atoms with Crippen LogP contribution >= 0.6 is 7.82 Å². The Bertz CT molecular complexity index is 481. The summed E-state index contributed by atoms with van der Waals surface area (Å²) in [6, 6.07) is 0. The maximum Gasteiger partial charge on any atom is 0.268 e. The highest BCUT2D eigenvalue weighted by molar-refractivity contribution is 7.45. The topological polar surface area (TPSA) is 58.6 Å². The average Bonchev–Trinajstić information content (AvgIpc) is 3.00. The summed E-state index contributed by atoms with van der Waals surface area (Å²) in [6.07, 6.45) is 25.9. The molecule has 1 aliphatic rings. The van der Waals surface area contributed by atoms with Gasteiger partial charge in [0.05, 0.1) is 26.7 Å². The van der Waals surface area contributed by atoms with Crippen molar-refractivity contribution in [3.63, 3.8) is 0 Å². The smallest absolute Gasteiger partial charge is 0.268 e. The summed E-state index contributed by atoms with van der Waals surface area (Å²) < 4.78 is 23.1. The van der Waals surface area contributed by atoms with Crippen molar-refractivity contribution in [2.24, 2.45) is 0 Å². The van der Waals surface area contributed by atoms with Crippen molar-refractivity contribution >= 4 is 7.82 Å². The van der Waals surface area contributed by atoms with E-state index in [1.807, 2.05) is 0 Å². The van der Waals surface area contributed by atoms with Gasteiger partial charge in [-0.2, -0.15) is 0 Å². The quantitative estimate of drug-likeness (QED) is 0.0885. The minimum Gasteiger partial charge on any atom is -0.756 e. The maximum absolute atomic E-state index is 12.0. The van der Waals surface area contributed by atoms with Gasteiger partial charge in [-0.15, -0.1) is 0 Å². The number of quaternary nitrogens is 1. The van der Waals surface area contributed by atoms with Crippen LogP contribution in [0.2, 0.25) is 0 Å². The van der Waals surface area contributed by atoms with Gasteiger partial charge >= 0.3 is 0 Å². The van der Waals surface area contributed by atoms with Crippen LogP contribution in [0.3, 0.4) is 0 Å². The standard InChI is InChI=1S/C27H56NO4P/c1-3-4-5-6-7-8-9-10-11-12-13-14-15-16-19-22-26-31-33(29,30)32-27-25-28(2)23-20-17-18-21-24-28/h3-27H2,1-2H3. The zero-order valence-electron chi connectivity index (χ0n) is 22.2. The zero-order chi connectivity index (χ0) is 24.1. The summed E-state index contributed by atoms with van der Waals surface area (Å²) in [6.45, 7) is 5.74. The molecular weight excluding hydrogens is 433 g/mol. The van der Waals surface area contributed by atoms with Crippen LogP contribution in [-0.2, 0) is 13.6 Å². The van der Waals surface area contributed by atoms with Crippen LogP contribution in [0.4, 0.5) is 0 Å². The Hall–Kier alpha value is 0.0700. The number of phosphoric ester groups is 1. The second-order valence-corrected chi connectivity index (χ2v) is 12.0. The molecule has 1 rings (SSSR count). The molecule has 0 saturated carbocycles. The number of hydrogen-bond acceptors (Lipinski definition) is 4. The van der Waals surface area contributed by atoms with E-state index < -0.39 is 7.82 Å². The summed E-state index contributed by atoms with van der Waals surface area (Å²) in [7, 11) is -1.94. The number of rotatable bonds is 22. The molecule has 0 aromatic carbocycles. The van der Waals surface area contributed by atoms with Gasteiger partial charge in [0.1, 0.15) is 13.2 Å². The lowest BCUT2D eigenvalue weighted by atomic mass is 10.0. The third kappa shape index (κ3) is 19.0. The molecule has 0 aromatic heterocycles. The van der Waals surface area contributed by atoms with Gasteiger partial charge in [0.25, 0.3) is 7.82 Å². The molecule has 1 heterocycles. The lowest BCUT2D eigenvalue weighted by Crippen LogP contribution is -2.47. The van der Waals surface area contributed by atoms with E-state index in [2.05, 4.69) is 14.0 Å². The molecule has 0 radical (unpaired) electrons. The predicted molar refractivity (Wildman–Crippen MR) is 138 cm³/mol. The summed E-state index contributed by atoms with van der Waals surface area (Å²) in [5, 5.41) is 0. The highest BCUT2D eigenvalue weighted by atomic mass is 31.2. The van der Waals surface area contributed by atoms with Crippen molar-refractivity contribution < 1.29 is 23.0 Å². The van der Waals surface area contributed by atoms with Crippen LogP contribution in [0.25, 0.3) is 0 Å². The first-order valence-electron chi connectivity index (χ1n) is 14.4. The van der Waals surface area contributed by atoms with Crippen molar-refractivity contribution in [2.45, 2.75) is 135 Å². The number of likely N-dealkylation sites (N-methyl/N-ethyl adjacent to an activating group) is 1. The summed E-state index contributed by atoms with van der Waals surface area (Å²) in [4.78, 5) is 12.0. The van der Waals surface area contributed by atoms with Crippen LogP contribution in [0, 0.1) is 0 Å². The first-order chi connectivity index (χ1) is 16.0. The van der Waals surface area contributed by atoms with Gasteiger partial charge in [-0.05, 0) is 32.1 Å². The molecule has 1 fully saturated rings. The number of hydrogen-bond donors (Lipinski definition) is 0. The van der Waals surface area contributed by atoms with E-state index in [4.69, 9.17) is 9.05 Å². The highest BCUT2D eigenvalue weighted by Gasteiger charge is 2.23. The SMILES string of the molecule is CCCCCCCCCCCCCCCCCCOP(=O)([O-])OCC[N+]1(C)CCCCCC1. The maximum atomic E-state index is 12.0. The average molecular weight is 490 g/mol. The Kier molecular flexibility index (Phi) is 19.1. The summed E-state index contributed by atoms with van der Waals surface area (Å²) in [5.74, 6) is 0. The molecule has 1 unspecified atom stereocenters. The van der Waals surface area contributed by atoms with E-state index in [0.29, 0.717) is 0 Å². The van der Waals surface area contributed by atoms with E-state index in [1.54, 1.807) is 0 Å². The van der Waals surface area contributed by atoms with Crippen LogP contribution in [0.5, 0.6) is 0 Å². The predicted octanol–water partition coefficient (Wildman–Crippen LogP) is 7.77. The Morgan fingerprint density at radius 3 is 1.48 bits per heavy atom. The third-order valence-electron chi connectivity index (χ3n) is 7.27. The zero-order valence-corrected chi connectivity index (χ0v) is 23.1. The Morgan fingerprint density at radius 2 is 1.03 bits per heavy atom. The van der Waals surface area contributed by atoms with Crippen LogP contribution in [-0.4, -0.2) is 44.4 Å². The van der Waals surface area contributed by atoms with E-state index in [-0.39, 0.29) is 13.2 Å². The first kappa shape index (κ1) is 31.1. The Morgan fingerprint density at radius 1 is 0.636 bits per heavy atom. The molecule has 1 aliphatic heterocycles. The number of unbranched alkanes of at least 4 members (excludes halogenated alkanes) is 15. The Balaban J connectivity index is 1.85. The van der Waals surface area contributed by atoms with E-state index in [1.165, 1.54) is 116 Å². The third-order valence-corrected chi connectivity index (χ3v) is 8.27. The molecule has 6 heteroatoms. The molecule has 198 valence electrons. The fraction of sp³-hybridized carbons (Fsp3) is 1.00. The van der Waals surface area contributed by atoms with Crippen LogP contribution < -0.4 is 4.89 Å². The fourth-order valence-electron chi connectivity index (χ4n) is 4.91. The first-order valence-corrected chi connectivity index (χ1v) is 15.9. The van der Waals surface area contributed by atoms with Gasteiger partial charge in [0, 0.05) is 0 Å². The molecule has 33 heavy (non-hydrogen) atoms. The van der Waals surface area contributed by atoms with E-state index in [9.17, 15) is 9.46 Å². The Labute approximate surface area is 206 Å². The number of nitrogens with zero attached hydrogens (tertiary/aromatic N) is 1. The van der Waals surface area contributed by atoms with Crippen molar-refractivity contribution in [2.75, 3.05) is 39.9 Å². The number of phosphoric acid groups is 1. The number of likely N-dealkylation sites (tertiary alicyclic amines) is 1. The molecular formula is C27H56NO4P. The van der Waals surface area contributed by atoms with Crippen molar-refractivity contribution in [1.82, 2.24) is 0 Å². The molecule has 1 saturated heterocycles. The lowest BCUT2D eigenvalue weighted by molar-refractivity contribution is -0.908. The van der Waals surface area contributed by atoms with E-state index in [0.717, 1.165) is 37.0 Å². The molecule has 1 atom stereocenters. The molecule has 0 aliphatic carbocycles. The largest absolute Gasteiger partial charge is 0.756 e. The minimum absolute atomic E-state index is 0.232. The fourth-order valence-corrected chi connectivity index (χ4v) is 5.65. The summed E-state index contributed by atoms with van der Waals surface area (Å²) in [5.41, 5.74) is 0. The molecule has 0 aromatic rings. The van der Waals surface area contributed by atoms with Crippen LogP contribution in [0.15, 0.2) is 0 Å². The van der Waals surface area contributed by atoms with Gasteiger partial charge in [-0.25, -0.2) is 0 Å². The lowest BCUT2D eigenvalue weighted by Gasteiger charge is -2.34. The van der Waals surface area contributed by atoms with Gasteiger partial charge in [-0.1, -0.05) is 103 Å². The monoisotopic (exact) mass is 489 g/mol. The molecule has 0 N–H and O–H groups in total. The molecule has 5 nitrogen and oxygen atoms in total. The second-order valence-electron chi connectivity index (χ2n) is 10.6. The summed E-state index contributed by atoms with van der Waals surface area (Å²) >= 11 is 0. The molecule has 0 bridgehead atoms. The van der Waals surface area contributed by atoms with Crippen molar-refractivity contribution in [3.8, 4) is 0 Å². The molecule has 0 spiro atoms. The highest BCUT2D eigenvalue weighted by Crippen LogP contribution is 2.38. The van der Waals surface area contributed by atoms with Gasteiger partial charge < -0.3 is 18.4 Å². The minimum atomic E-state index is -4.15. The van der Waals surface area contributed by atoms with Crippen molar-refractivity contribution in [3.05, 3.63) is 0 Å². The normalized spacial score (nSPS) is 18.2. The van der Waals surface area contributed by atoms with Crippen LogP contribution in [0.1, 0.15) is 135 Å². The van der Waals surface area contributed by atoms with Crippen molar-refractivity contribution in [1.29, 1.82) is 0 Å². The molecule has 0 amide bonds. The van der Waals surface area contributed by atoms with Gasteiger partial charge in [0.15, 0.2) is 0 Å². The van der Waals surface area contributed by atoms with Gasteiger partial charge in [0.2, 0.25) is 0 Å².